The Hall–Kier alpha value is -2.79. The molecule has 0 saturated carbocycles. The molecule has 1 aliphatic rings. The van der Waals surface area contributed by atoms with Gasteiger partial charge in [-0.05, 0) is 43.7 Å². The number of carbonyl (C=O) groups is 1. The Bertz CT molecular complexity index is 757. The lowest BCUT2D eigenvalue weighted by molar-refractivity contribution is -0.104. The van der Waals surface area contributed by atoms with Gasteiger partial charge in [-0.15, -0.1) is 0 Å². The van der Waals surface area contributed by atoms with Gasteiger partial charge in [-0.3, -0.25) is 14.8 Å². The average Bonchev–Trinajstić information content (AvgIpc) is 2.73. The van der Waals surface area contributed by atoms with Gasteiger partial charge in [-0.1, -0.05) is 36.9 Å². The van der Waals surface area contributed by atoms with E-state index in [0.29, 0.717) is 12.3 Å². The zero-order valence-corrected chi connectivity index (χ0v) is 16.5. The maximum atomic E-state index is 11.2. The van der Waals surface area contributed by atoms with Crippen molar-refractivity contribution in [3.63, 3.8) is 0 Å². The number of aliphatic imine (C=N–C) groups is 2. The van der Waals surface area contributed by atoms with E-state index in [1.165, 1.54) is 6.08 Å². The highest BCUT2D eigenvalue weighted by Gasteiger charge is 2.12. The van der Waals surface area contributed by atoms with Crippen molar-refractivity contribution in [1.82, 2.24) is 5.32 Å². The third-order valence-electron chi connectivity index (χ3n) is 4.39. The number of ether oxygens (including phenoxy) is 1. The lowest BCUT2D eigenvalue weighted by atomic mass is 9.95. The molecule has 5 nitrogen and oxygen atoms in total. The van der Waals surface area contributed by atoms with Crippen LogP contribution >= 0.6 is 0 Å². The first-order valence-corrected chi connectivity index (χ1v) is 9.68. The van der Waals surface area contributed by atoms with Crippen LogP contribution in [0.2, 0.25) is 0 Å². The molecule has 0 bridgehead atoms. The second-order valence-corrected chi connectivity index (χ2v) is 6.51. The van der Waals surface area contributed by atoms with Gasteiger partial charge < -0.3 is 10.1 Å². The second-order valence-electron chi connectivity index (χ2n) is 6.51. The minimum atomic E-state index is 0.167. The highest BCUT2D eigenvalue weighted by Crippen LogP contribution is 2.25. The normalized spacial score (nSPS) is 18.2. The molecule has 1 aromatic rings. The van der Waals surface area contributed by atoms with Crippen LogP contribution in [-0.2, 0) is 9.53 Å². The summed E-state index contributed by atoms with van der Waals surface area (Å²) in [5.74, 6) is 0. The number of hydrogen-bond acceptors (Lipinski definition) is 4. The molecular weight excluding hydrogens is 350 g/mol. The average molecular weight is 380 g/mol. The van der Waals surface area contributed by atoms with Gasteiger partial charge in [0.1, 0.15) is 6.29 Å². The fraction of sp³-hybridized carbons (Fsp3) is 0.348. The van der Waals surface area contributed by atoms with Gasteiger partial charge in [0.05, 0.1) is 24.7 Å². The SMILES string of the molecule is C=C(CCC=N/C=C\C)c1ccccc1/C(=C/C=O)NC=NC1CCCOC1. The number of rotatable bonds is 10. The lowest BCUT2D eigenvalue weighted by Crippen LogP contribution is -2.22. The predicted octanol–water partition coefficient (Wildman–Crippen LogP) is 4.42. The van der Waals surface area contributed by atoms with Crippen LogP contribution in [0.3, 0.4) is 0 Å². The molecule has 0 amide bonds. The molecule has 1 atom stereocenters. The first-order valence-electron chi connectivity index (χ1n) is 9.68. The van der Waals surface area contributed by atoms with Crippen molar-refractivity contribution in [1.29, 1.82) is 0 Å². The molecule has 1 heterocycles. The fourth-order valence-electron chi connectivity index (χ4n) is 2.96. The molecule has 1 unspecified atom stereocenters. The topological polar surface area (TPSA) is 63.0 Å². The Balaban J connectivity index is 2.09. The van der Waals surface area contributed by atoms with Gasteiger partial charge >= 0.3 is 0 Å². The number of nitrogens with zero attached hydrogens (tertiary/aromatic N) is 2. The predicted molar refractivity (Wildman–Crippen MR) is 118 cm³/mol. The van der Waals surface area contributed by atoms with Crippen molar-refractivity contribution in [2.24, 2.45) is 9.98 Å². The van der Waals surface area contributed by atoms with E-state index in [4.69, 9.17) is 4.74 Å². The number of aldehydes is 1. The van der Waals surface area contributed by atoms with Gasteiger partial charge in [-0.25, -0.2) is 0 Å². The van der Waals surface area contributed by atoms with Gasteiger partial charge in [-0.2, -0.15) is 0 Å². The monoisotopic (exact) mass is 379 g/mol. The number of allylic oxidation sites excluding steroid dienone is 3. The van der Waals surface area contributed by atoms with Gasteiger partial charge in [0, 0.05) is 30.7 Å². The van der Waals surface area contributed by atoms with E-state index in [2.05, 4.69) is 21.9 Å². The highest BCUT2D eigenvalue weighted by atomic mass is 16.5. The number of carbonyl (C=O) groups excluding carboxylic acids is 1. The standard InChI is InChI=1S/C23H29N3O2/c1-3-13-24-14-6-8-19(2)21-10-4-5-11-22(21)23(12-15-27)26-18-25-20-9-7-16-28-17-20/h3-5,10-15,18,20H,2,6-9,16-17H2,1H3,(H,25,26)/b13-3-,23-12-,24-14?. The van der Waals surface area contributed by atoms with Gasteiger partial charge in [0.15, 0.2) is 0 Å². The summed E-state index contributed by atoms with van der Waals surface area (Å²) < 4.78 is 5.45. The molecule has 1 fully saturated rings. The molecule has 5 heteroatoms. The van der Waals surface area contributed by atoms with Crippen LogP contribution in [0.15, 0.2) is 59.2 Å². The van der Waals surface area contributed by atoms with Crippen LogP contribution in [-0.4, -0.2) is 38.1 Å². The Kier molecular flexibility index (Phi) is 9.66. The second kappa shape index (κ2) is 12.6. The van der Waals surface area contributed by atoms with E-state index < -0.39 is 0 Å². The summed E-state index contributed by atoms with van der Waals surface area (Å²) in [6.07, 6.45) is 13.1. The first-order chi connectivity index (χ1) is 13.8. The molecule has 0 aromatic heterocycles. The van der Waals surface area contributed by atoms with Crippen LogP contribution in [0.1, 0.15) is 43.7 Å². The molecule has 2 rings (SSSR count). The summed E-state index contributed by atoms with van der Waals surface area (Å²) in [5.41, 5.74) is 3.64. The van der Waals surface area contributed by atoms with Crippen molar-refractivity contribution < 1.29 is 9.53 Å². The largest absolute Gasteiger partial charge is 0.379 e. The smallest absolute Gasteiger partial charge is 0.144 e. The van der Waals surface area contributed by atoms with E-state index in [1.807, 2.05) is 43.5 Å². The van der Waals surface area contributed by atoms with Crippen LogP contribution in [0, 0.1) is 0 Å². The van der Waals surface area contributed by atoms with Crippen LogP contribution in [0.25, 0.3) is 11.3 Å². The summed E-state index contributed by atoms with van der Waals surface area (Å²) in [7, 11) is 0. The maximum absolute atomic E-state index is 11.2. The minimum Gasteiger partial charge on any atom is -0.379 e. The molecule has 0 spiro atoms. The zero-order chi connectivity index (χ0) is 20.0. The molecule has 1 N–H and O–H groups in total. The molecule has 1 aromatic carbocycles. The van der Waals surface area contributed by atoms with Crippen molar-refractivity contribution in [3.8, 4) is 0 Å². The summed E-state index contributed by atoms with van der Waals surface area (Å²) >= 11 is 0. The molecule has 28 heavy (non-hydrogen) atoms. The fourth-order valence-corrected chi connectivity index (χ4v) is 2.96. The van der Waals surface area contributed by atoms with E-state index >= 15 is 0 Å². The van der Waals surface area contributed by atoms with Crippen molar-refractivity contribution in [3.05, 3.63) is 60.3 Å². The third-order valence-corrected chi connectivity index (χ3v) is 4.39. The molecule has 0 aliphatic carbocycles. The van der Waals surface area contributed by atoms with E-state index in [9.17, 15) is 4.79 Å². The first kappa shape index (κ1) is 21.5. The number of benzene rings is 1. The van der Waals surface area contributed by atoms with Crippen molar-refractivity contribution in [2.45, 2.75) is 38.6 Å². The quantitative estimate of drug-likeness (QED) is 0.283. The summed E-state index contributed by atoms with van der Waals surface area (Å²) in [6.45, 7) is 7.62. The number of nitrogens with one attached hydrogen (secondary N) is 1. The third kappa shape index (κ3) is 7.08. The van der Waals surface area contributed by atoms with E-state index in [0.717, 1.165) is 55.3 Å². The molecule has 148 valence electrons. The summed E-state index contributed by atoms with van der Waals surface area (Å²) in [4.78, 5) is 19.9. The molecular formula is C23H29N3O2. The molecule has 1 aliphatic heterocycles. The number of hydrogen-bond donors (Lipinski definition) is 1. The lowest BCUT2D eigenvalue weighted by Gasteiger charge is -2.18. The van der Waals surface area contributed by atoms with Crippen molar-refractivity contribution in [2.75, 3.05) is 13.2 Å². The minimum absolute atomic E-state index is 0.167. The van der Waals surface area contributed by atoms with E-state index in [-0.39, 0.29) is 6.04 Å². The van der Waals surface area contributed by atoms with Gasteiger partial charge in [0.25, 0.3) is 0 Å². The van der Waals surface area contributed by atoms with Crippen molar-refractivity contribution >= 4 is 30.1 Å². The van der Waals surface area contributed by atoms with E-state index in [1.54, 1.807) is 12.5 Å². The highest BCUT2D eigenvalue weighted by molar-refractivity contribution is 5.89. The molecule has 0 radical (unpaired) electrons. The molecule has 1 saturated heterocycles. The zero-order valence-electron chi connectivity index (χ0n) is 16.5. The Morgan fingerprint density at radius 2 is 2.18 bits per heavy atom. The summed E-state index contributed by atoms with van der Waals surface area (Å²) in [6, 6.07) is 8.10. The van der Waals surface area contributed by atoms with Crippen LogP contribution in [0.5, 0.6) is 0 Å². The Labute approximate surface area is 167 Å². The Morgan fingerprint density at radius 1 is 1.36 bits per heavy atom. The van der Waals surface area contributed by atoms with Crippen LogP contribution in [0.4, 0.5) is 0 Å². The maximum Gasteiger partial charge on any atom is 0.144 e. The Morgan fingerprint density at radius 3 is 2.89 bits per heavy atom. The summed E-state index contributed by atoms with van der Waals surface area (Å²) in [5, 5.41) is 3.17. The van der Waals surface area contributed by atoms with Crippen LogP contribution < -0.4 is 5.32 Å². The van der Waals surface area contributed by atoms with Gasteiger partial charge in [0.2, 0.25) is 0 Å².